The minimum Gasteiger partial charge on any atom is -0.325 e. The number of thiocarbonyl (C=S) groups is 1. The number of hydrazine groups is 1. The molecule has 0 saturated heterocycles. The molecule has 0 bridgehead atoms. The predicted octanol–water partition coefficient (Wildman–Crippen LogP) is 2.70. The molecule has 0 spiro atoms. The predicted molar refractivity (Wildman–Crippen MR) is 112 cm³/mol. The molecule has 0 radical (unpaired) electrons. The highest BCUT2D eigenvalue weighted by molar-refractivity contribution is 7.80. The first-order valence-corrected chi connectivity index (χ1v) is 9.15. The molecule has 2 rings (SSSR count). The normalized spacial score (nSPS) is 9.93. The van der Waals surface area contributed by atoms with Crippen LogP contribution in [0.3, 0.4) is 0 Å². The second-order valence-electron chi connectivity index (χ2n) is 5.80. The molecule has 0 heterocycles. The fourth-order valence-electron chi connectivity index (χ4n) is 2.22. The third-order valence-electron chi connectivity index (χ3n) is 3.66. The zero-order chi connectivity index (χ0) is 20.5. The van der Waals surface area contributed by atoms with Gasteiger partial charge in [0.25, 0.3) is 5.91 Å². The SMILES string of the molecule is Cc1ccccc1C(=O)NC(=S)NNC(=O)CCC(=O)Nc1ccccc1Cl. The molecule has 0 fully saturated rings. The van der Waals surface area contributed by atoms with E-state index in [1.54, 1.807) is 49.4 Å². The lowest BCUT2D eigenvalue weighted by atomic mass is 10.1. The maximum absolute atomic E-state index is 12.1. The molecule has 0 aliphatic carbocycles. The van der Waals surface area contributed by atoms with Crippen molar-refractivity contribution in [1.82, 2.24) is 16.2 Å². The van der Waals surface area contributed by atoms with Gasteiger partial charge in [-0.25, -0.2) is 0 Å². The van der Waals surface area contributed by atoms with E-state index in [-0.39, 0.29) is 29.8 Å². The number of para-hydroxylation sites is 1. The van der Waals surface area contributed by atoms with Gasteiger partial charge in [-0.2, -0.15) is 0 Å². The van der Waals surface area contributed by atoms with Crippen LogP contribution in [-0.2, 0) is 9.59 Å². The number of hydrogen-bond acceptors (Lipinski definition) is 4. The van der Waals surface area contributed by atoms with E-state index in [4.69, 9.17) is 23.8 Å². The number of halogens is 1. The van der Waals surface area contributed by atoms with Crippen LogP contribution < -0.4 is 21.5 Å². The van der Waals surface area contributed by atoms with Crippen molar-refractivity contribution in [1.29, 1.82) is 0 Å². The van der Waals surface area contributed by atoms with Gasteiger partial charge in [-0.3, -0.25) is 30.6 Å². The third-order valence-corrected chi connectivity index (χ3v) is 4.19. The molecule has 28 heavy (non-hydrogen) atoms. The number of anilines is 1. The number of amides is 3. The minimum atomic E-state index is -0.457. The van der Waals surface area contributed by atoms with Crippen LogP contribution in [0.5, 0.6) is 0 Å². The Balaban J connectivity index is 1.71. The van der Waals surface area contributed by atoms with Gasteiger partial charge in [0.15, 0.2) is 5.11 Å². The van der Waals surface area contributed by atoms with Gasteiger partial charge < -0.3 is 5.32 Å². The zero-order valence-corrected chi connectivity index (χ0v) is 16.6. The first-order chi connectivity index (χ1) is 13.4. The smallest absolute Gasteiger partial charge is 0.257 e. The fraction of sp³-hybridized carbons (Fsp3) is 0.158. The van der Waals surface area contributed by atoms with E-state index in [1.165, 1.54) is 0 Å². The molecule has 0 aliphatic rings. The van der Waals surface area contributed by atoms with Gasteiger partial charge >= 0.3 is 0 Å². The standard InChI is InChI=1S/C19H19ClN4O3S/c1-12-6-2-3-7-13(12)18(27)22-19(28)24-23-17(26)11-10-16(25)21-15-9-5-4-8-14(15)20/h2-9H,10-11H2,1H3,(H,21,25)(H,23,26)(H2,22,24,27,28). The summed E-state index contributed by atoms with van der Waals surface area (Å²) in [6.45, 7) is 1.81. The van der Waals surface area contributed by atoms with Crippen LogP contribution in [0.2, 0.25) is 5.02 Å². The average molecular weight is 419 g/mol. The van der Waals surface area contributed by atoms with E-state index in [0.29, 0.717) is 16.3 Å². The second kappa shape index (κ2) is 10.4. The molecule has 3 amide bonds. The van der Waals surface area contributed by atoms with Crippen LogP contribution in [0.15, 0.2) is 48.5 Å². The second-order valence-corrected chi connectivity index (χ2v) is 6.61. The van der Waals surface area contributed by atoms with Crippen LogP contribution in [0.25, 0.3) is 0 Å². The maximum atomic E-state index is 12.1. The molecule has 0 unspecified atom stereocenters. The summed E-state index contributed by atoms with van der Waals surface area (Å²) in [5.41, 5.74) is 6.53. The van der Waals surface area contributed by atoms with Gasteiger partial charge in [-0.15, -0.1) is 0 Å². The van der Waals surface area contributed by atoms with Gasteiger partial charge in [-0.05, 0) is 42.9 Å². The van der Waals surface area contributed by atoms with Crippen molar-refractivity contribution in [2.45, 2.75) is 19.8 Å². The van der Waals surface area contributed by atoms with Crippen LogP contribution in [0, 0.1) is 6.92 Å². The van der Waals surface area contributed by atoms with Crippen molar-refractivity contribution in [3.05, 3.63) is 64.7 Å². The Kier molecular flexibility index (Phi) is 7.91. The lowest BCUT2D eigenvalue weighted by Crippen LogP contribution is -2.48. The summed E-state index contributed by atoms with van der Waals surface area (Å²) in [6.07, 6.45) is -0.112. The summed E-state index contributed by atoms with van der Waals surface area (Å²) in [5.74, 6) is -1.19. The third kappa shape index (κ3) is 6.64. The Morgan fingerprint density at radius 2 is 1.57 bits per heavy atom. The average Bonchev–Trinajstić information content (AvgIpc) is 2.67. The number of carbonyl (C=O) groups excluding carboxylic acids is 3. The van der Waals surface area contributed by atoms with Crippen LogP contribution in [-0.4, -0.2) is 22.8 Å². The van der Waals surface area contributed by atoms with E-state index in [2.05, 4.69) is 21.5 Å². The summed E-state index contributed by atoms with van der Waals surface area (Å²) in [7, 11) is 0. The highest BCUT2D eigenvalue weighted by atomic mass is 35.5. The molecule has 2 aromatic rings. The zero-order valence-electron chi connectivity index (χ0n) is 15.0. The molecule has 0 atom stereocenters. The van der Waals surface area contributed by atoms with Crippen molar-refractivity contribution >= 4 is 52.3 Å². The Labute approximate surface area is 172 Å². The summed E-state index contributed by atoms with van der Waals surface area (Å²) in [6, 6.07) is 13.8. The van der Waals surface area contributed by atoms with Gasteiger partial charge in [0.05, 0.1) is 10.7 Å². The number of hydrogen-bond donors (Lipinski definition) is 4. The summed E-state index contributed by atoms with van der Waals surface area (Å²) >= 11 is 10.9. The van der Waals surface area contributed by atoms with Crippen molar-refractivity contribution in [2.24, 2.45) is 0 Å². The molecule has 0 aliphatic heterocycles. The highest BCUT2D eigenvalue weighted by Crippen LogP contribution is 2.20. The first kappa shape index (κ1) is 21.3. The van der Waals surface area contributed by atoms with Crippen LogP contribution in [0.4, 0.5) is 5.69 Å². The molecule has 4 N–H and O–H groups in total. The molecule has 146 valence electrons. The number of benzene rings is 2. The summed E-state index contributed by atoms with van der Waals surface area (Å²) in [5, 5.41) is 5.45. The van der Waals surface area contributed by atoms with Crippen LogP contribution >= 0.6 is 23.8 Å². The molecule has 7 nitrogen and oxygen atoms in total. The van der Waals surface area contributed by atoms with Crippen molar-refractivity contribution in [2.75, 3.05) is 5.32 Å². The van der Waals surface area contributed by atoms with E-state index >= 15 is 0 Å². The summed E-state index contributed by atoms with van der Waals surface area (Å²) < 4.78 is 0. The topological polar surface area (TPSA) is 99.3 Å². The molecule has 0 saturated carbocycles. The highest BCUT2D eigenvalue weighted by Gasteiger charge is 2.12. The van der Waals surface area contributed by atoms with E-state index in [9.17, 15) is 14.4 Å². The lowest BCUT2D eigenvalue weighted by Gasteiger charge is -2.12. The molecular weight excluding hydrogens is 400 g/mol. The van der Waals surface area contributed by atoms with E-state index in [0.717, 1.165) is 5.56 Å². The summed E-state index contributed by atoms with van der Waals surface area (Å²) in [4.78, 5) is 35.8. The van der Waals surface area contributed by atoms with Crippen molar-refractivity contribution in [3.8, 4) is 0 Å². The van der Waals surface area contributed by atoms with E-state index in [1.807, 2.05) is 6.07 Å². The molecule has 2 aromatic carbocycles. The number of aryl methyl sites for hydroxylation is 1. The first-order valence-electron chi connectivity index (χ1n) is 8.37. The number of nitrogens with one attached hydrogen (secondary N) is 4. The largest absolute Gasteiger partial charge is 0.325 e. The fourth-order valence-corrected chi connectivity index (χ4v) is 2.55. The molecule has 0 aromatic heterocycles. The van der Waals surface area contributed by atoms with Gasteiger partial charge in [-0.1, -0.05) is 41.9 Å². The van der Waals surface area contributed by atoms with Crippen molar-refractivity contribution < 1.29 is 14.4 Å². The lowest BCUT2D eigenvalue weighted by molar-refractivity contribution is -0.124. The van der Waals surface area contributed by atoms with E-state index < -0.39 is 5.91 Å². The maximum Gasteiger partial charge on any atom is 0.257 e. The van der Waals surface area contributed by atoms with Crippen molar-refractivity contribution in [3.63, 3.8) is 0 Å². The van der Waals surface area contributed by atoms with Gasteiger partial charge in [0, 0.05) is 18.4 Å². The monoisotopic (exact) mass is 418 g/mol. The Morgan fingerprint density at radius 1 is 0.929 bits per heavy atom. The Hall–Kier alpha value is -2.97. The molecule has 9 heteroatoms. The van der Waals surface area contributed by atoms with Gasteiger partial charge in [0.1, 0.15) is 0 Å². The van der Waals surface area contributed by atoms with Gasteiger partial charge in [0.2, 0.25) is 11.8 Å². The number of carbonyl (C=O) groups is 3. The quantitative estimate of drug-likeness (QED) is 0.442. The number of rotatable bonds is 5. The van der Waals surface area contributed by atoms with Crippen LogP contribution in [0.1, 0.15) is 28.8 Å². The Morgan fingerprint density at radius 3 is 2.29 bits per heavy atom. The Bertz CT molecular complexity index is 904. The molecular formula is C19H19ClN4O3S. The minimum absolute atomic E-state index is 0.0406.